The molecule has 0 aliphatic carbocycles. The highest BCUT2D eigenvalue weighted by molar-refractivity contribution is 5.83. The maximum atomic E-state index is 11.9. The van der Waals surface area contributed by atoms with E-state index < -0.39 is 0 Å². The molecular formula is C14H27N3O. The van der Waals surface area contributed by atoms with Gasteiger partial charge >= 0.3 is 0 Å². The largest absolute Gasteiger partial charge is 0.344 e. The van der Waals surface area contributed by atoms with Gasteiger partial charge in [-0.05, 0) is 45.2 Å². The Balaban J connectivity index is 1.84. The molecule has 4 heteroatoms. The van der Waals surface area contributed by atoms with Gasteiger partial charge in [0.15, 0.2) is 0 Å². The van der Waals surface area contributed by atoms with Crippen molar-refractivity contribution in [3.63, 3.8) is 0 Å². The van der Waals surface area contributed by atoms with Crippen LogP contribution in [0.2, 0.25) is 0 Å². The molecule has 0 spiro atoms. The van der Waals surface area contributed by atoms with Crippen molar-refractivity contribution >= 4 is 5.91 Å². The first-order chi connectivity index (χ1) is 8.61. The number of carbonyl (C=O) groups is 1. The molecule has 3 unspecified atom stereocenters. The number of nitrogens with zero attached hydrogens (tertiary/aromatic N) is 2. The maximum Gasteiger partial charge on any atom is 0.239 e. The van der Waals surface area contributed by atoms with Crippen LogP contribution < -0.4 is 5.32 Å². The van der Waals surface area contributed by atoms with Crippen molar-refractivity contribution in [2.75, 3.05) is 33.2 Å². The smallest absolute Gasteiger partial charge is 0.239 e. The first kappa shape index (κ1) is 13.8. The molecule has 2 aliphatic rings. The Hall–Kier alpha value is -0.610. The molecule has 2 saturated heterocycles. The first-order valence-electron chi connectivity index (χ1n) is 7.35. The number of hydrogen-bond donors (Lipinski definition) is 1. The topological polar surface area (TPSA) is 35.6 Å². The van der Waals surface area contributed by atoms with Crippen LogP contribution in [0.4, 0.5) is 0 Å². The van der Waals surface area contributed by atoms with Gasteiger partial charge in [-0.2, -0.15) is 0 Å². The Morgan fingerprint density at radius 2 is 2.17 bits per heavy atom. The maximum absolute atomic E-state index is 11.9. The number of likely N-dealkylation sites (N-methyl/N-ethyl adjacent to an activating group) is 1. The number of amides is 1. The Bertz CT molecular complexity index is 295. The van der Waals surface area contributed by atoms with Gasteiger partial charge in [0.05, 0.1) is 6.04 Å². The molecule has 18 heavy (non-hydrogen) atoms. The lowest BCUT2D eigenvalue weighted by atomic mass is 9.91. The van der Waals surface area contributed by atoms with Crippen LogP contribution in [0.1, 0.15) is 33.1 Å². The molecule has 1 amide bonds. The number of nitrogens with one attached hydrogen (secondary N) is 1. The summed E-state index contributed by atoms with van der Waals surface area (Å²) in [5.74, 6) is 0.961. The van der Waals surface area contributed by atoms with E-state index in [1.165, 1.54) is 25.9 Å². The highest BCUT2D eigenvalue weighted by Gasteiger charge is 2.32. The van der Waals surface area contributed by atoms with Gasteiger partial charge in [-0.3, -0.25) is 4.79 Å². The molecule has 0 aromatic rings. The zero-order valence-corrected chi connectivity index (χ0v) is 12.0. The molecular weight excluding hydrogens is 226 g/mol. The monoisotopic (exact) mass is 253 g/mol. The van der Waals surface area contributed by atoms with Gasteiger partial charge in [-0.15, -0.1) is 0 Å². The summed E-state index contributed by atoms with van der Waals surface area (Å²) in [5.41, 5.74) is 0. The summed E-state index contributed by atoms with van der Waals surface area (Å²) >= 11 is 0. The highest BCUT2D eigenvalue weighted by Crippen LogP contribution is 2.21. The molecule has 0 bridgehead atoms. The van der Waals surface area contributed by atoms with E-state index >= 15 is 0 Å². The van der Waals surface area contributed by atoms with E-state index in [9.17, 15) is 4.79 Å². The van der Waals surface area contributed by atoms with Gasteiger partial charge in [0.1, 0.15) is 0 Å². The van der Waals surface area contributed by atoms with Crippen LogP contribution in [-0.2, 0) is 4.79 Å². The van der Waals surface area contributed by atoms with E-state index in [0.29, 0.717) is 12.0 Å². The van der Waals surface area contributed by atoms with E-state index in [1.807, 2.05) is 11.9 Å². The second-order valence-corrected chi connectivity index (χ2v) is 5.85. The van der Waals surface area contributed by atoms with Crippen molar-refractivity contribution < 1.29 is 4.79 Å². The van der Waals surface area contributed by atoms with Crippen LogP contribution >= 0.6 is 0 Å². The molecule has 1 N–H and O–H groups in total. The number of carbonyl (C=O) groups excluding carboxylic acids is 1. The predicted molar refractivity (Wildman–Crippen MR) is 73.5 cm³/mol. The summed E-state index contributed by atoms with van der Waals surface area (Å²) in [4.78, 5) is 16.3. The Labute approximate surface area is 111 Å². The van der Waals surface area contributed by atoms with Crippen molar-refractivity contribution in [1.29, 1.82) is 0 Å². The van der Waals surface area contributed by atoms with E-state index in [4.69, 9.17) is 0 Å². The minimum atomic E-state index is 0.0574. The normalized spacial score (nSPS) is 31.9. The summed E-state index contributed by atoms with van der Waals surface area (Å²) in [6.07, 6.45) is 3.55. The average molecular weight is 253 g/mol. The van der Waals surface area contributed by atoms with Gasteiger partial charge in [-0.25, -0.2) is 0 Å². The quantitative estimate of drug-likeness (QED) is 0.809. The molecule has 4 nitrogen and oxygen atoms in total. The van der Waals surface area contributed by atoms with Gasteiger partial charge in [0.2, 0.25) is 5.91 Å². The van der Waals surface area contributed by atoms with Gasteiger partial charge in [0, 0.05) is 26.2 Å². The third-order valence-electron chi connectivity index (χ3n) is 4.59. The Kier molecular flexibility index (Phi) is 4.62. The highest BCUT2D eigenvalue weighted by atomic mass is 16.2. The van der Waals surface area contributed by atoms with E-state index in [-0.39, 0.29) is 11.9 Å². The predicted octanol–water partition coefficient (Wildman–Crippen LogP) is 0.927. The second kappa shape index (κ2) is 6.02. The third kappa shape index (κ3) is 3.04. The Morgan fingerprint density at radius 3 is 2.78 bits per heavy atom. The van der Waals surface area contributed by atoms with Crippen LogP contribution in [0.5, 0.6) is 0 Å². The van der Waals surface area contributed by atoms with Crippen LogP contribution in [-0.4, -0.2) is 61.0 Å². The average Bonchev–Trinajstić information content (AvgIpc) is 2.71. The summed E-state index contributed by atoms with van der Waals surface area (Å²) < 4.78 is 0. The summed E-state index contributed by atoms with van der Waals surface area (Å²) in [7, 11) is 1.90. The lowest BCUT2D eigenvalue weighted by molar-refractivity contribution is -0.128. The van der Waals surface area contributed by atoms with E-state index in [2.05, 4.69) is 24.1 Å². The zero-order chi connectivity index (χ0) is 13.1. The minimum absolute atomic E-state index is 0.0574. The van der Waals surface area contributed by atoms with Gasteiger partial charge in [0.25, 0.3) is 0 Å². The molecule has 104 valence electrons. The molecule has 3 atom stereocenters. The zero-order valence-electron chi connectivity index (χ0n) is 12.0. The molecule has 0 aromatic carbocycles. The number of piperidine rings is 1. The first-order valence-corrected chi connectivity index (χ1v) is 7.35. The molecule has 2 rings (SSSR count). The van der Waals surface area contributed by atoms with Crippen molar-refractivity contribution in [3.05, 3.63) is 0 Å². The molecule has 0 saturated carbocycles. The van der Waals surface area contributed by atoms with Crippen LogP contribution in [0.15, 0.2) is 0 Å². The lowest BCUT2D eigenvalue weighted by Crippen LogP contribution is -2.49. The summed E-state index contributed by atoms with van der Waals surface area (Å²) in [5, 5.41) is 3.56. The van der Waals surface area contributed by atoms with E-state index in [0.717, 1.165) is 19.5 Å². The molecule has 2 fully saturated rings. The van der Waals surface area contributed by atoms with E-state index in [1.54, 1.807) is 0 Å². The summed E-state index contributed by atoms with van der Waals surface area (Å²) in [6.45, 7) is 8.95. The molecule has 2 heterocycles. The van der Waals surface area contributed by atoms with Crippen LogP contribution in [0.25, 0.3) is 0 Å². The molecule has 0 aromatic heterocycles. The fourth-order valence-corrected chi connectivity index (χ4v) is 3.22. The molecule has 2 aliphatic heterocycles. The van der Waals surface area contributed by atoms with Crippen molar-refractivity contribution in [1.82, 2.24) is 15.1 Å². The minimum Gasteiger partial charge on any atom is -0.344 e. The SMILES string of the molecule is CCN1CCCC(C(C)NC2CCN(C)C2=O)C1. The second-order valence-electron chi connectivity index (χ2n) is 5.85. The number of hydrogen-bond acceptors (Lipinski definition) is 3. The molecule has 0 radical (unpaired) electrons. The van der Waals surface area contributed by atoms with Crippen molar-refractivity contribution in [2.45, 2.75) is 45.2 Å². The number of rotatable bonds is 4. The summed E-state index contributed by atoms with van der Waals surface area (Å²) in [6, 6.07) is 0.502. The third-order valence-corrected chi connectivity index (χ3v) is 4.59. The van der Waals surface area contributed by atoms with Gasteiger partial charge < -0.3 is 15.1 Å². The van der Waals surface area contributed by atoms with Crippen molar-refractivity contribution in [2.24, 2.45) is 5.92 Å². The van der Waals surface area contributed by atoms with Crippen LogP contribution in [0.3, 0.4) is 0 Å². The Morgan fingerprint density at radius 1 is 1.39 bits per heavy atom. The van der Waals surface area contributed by atoms with Crippen LogP contribution in [0, 0.1) is 5.92 Å². The standard InChI is InChI=1S/C14H27N3O/c1-4-17-8-5-6-12(10-17)11(2)15-13-7-9-16(3)14(13)18/h11-13,15H,4-10H2,1-3H3. The fourth-order valence-electron chi connectivity index (χ4n) is 3.22. The number of likely N-dealkylation sites (tertiary alicyclic amines) is 2. The lowest BCUT2D eigenvalue weighted by Gasteiger charge is -2.36. The van der Waals surface area contributed by atoms with Gasteiger partial charge in [-0.1, -0.05) is 6.92 Å². The van der Waals surface area contributed by atoms with Crippen molar-refractivity contribution in [3.8, 4) is 0 Å². The fraction of sp³-hybridized carbons (Fsp3) is 0.929.